The average Bonchev–Trinajstić information content (AvgIpc) is 3.47. The van der Waals surface area contributed by atoms with Crippen molar-refractivity contribution in [1.29, 1.82) is 0 Å². The second-order valence-corrected chi connectivity index (χ2v) is 10.6. The Bertz CT molecular complexity index is 1670. The lowest BCUT2D eigenvalue weighted by Crippen LogP contribution is -2.38. The molecule has 42 heavy (non-hydrogen) atoms. The van der Waals surface area contributed by atoms with Crippen LogP contribution in [0.1, 0.15) is 41.6 Å². The van der Waals surface area contributed by atoms with Crippen LogP contribution in [-0.4, -0.2) is 42.6 Å². The van der Waals surface area contributed by atoms with Crippen molar-refractivity contribution in [2.75, 3.05) is 37.1 Å². The first-order chi connectivity index (χ1) is 20.2. The first kappa shape index (κ1) is 29.0. The van der Waals surface area contributed by atoms with Gasteiger partial charge in [0.15, 0.2) is 0 Å². The zero-order chi connectivity index (χ0) is 30.0. The van der Waals surface area contributed by atoms with E-state index in [1.54, 1.807) is 48.4 Å². The third-order valence-corrected chi connectivity index (χ3v) is 7.94. The number of rotatable bonds is 7. The first-order valence-corrected chi connectivity index (χ1v) is 13.9. The number of ether oxygens (including phenoxy) is 2. The molecule has 0 spiro atoms. The molecule has 0 unspecified atom stereocenters. The fourth-order valence-electron chi connectivity index (χ4n) is 5.43. The van der Waals surface area contributed by atoms with Gasteiger partial charge in [0.05, 0.1) is 20.3 Å². The number of anilines is 3. The number of nitrogens with zero attached hydrogens (tertiary/aromatic N) is 2. The highest BCUT2D eigenvalue weighted by atomic mass is 32.1. The van der Waals surface area contributed by atoms with E-state index in [2.05, 4.69) is 28.2 Å². The molecule has 218 valence electrons. The fourth-order valence-corrected chi connectivity index (χ4v) is 5.72. The van der Waals surface area contributed by atoms with E-state index in [4.69, 9.17) is 15.2 Å². The van der Waals surface area contributed by atoms with Gasteiger partial charge in [-0.25, -0.2) is 14.2 Å². The Morgan fingerprint density at radius 1 is 1.12 bits per heavy atom. The number of halogens is 1. The zero-order valence-corrected chi connectivity index (χ0v) is 24.4. The van der Waals surface area contributed by atoms with Gasteiger partial charge in [-0.2, -0.15) is 0 Å². The number of pyridine rings is 1. The van der Waals surface area contributed by atoms with Crippen molar-refractivity contribution in [1.82, 2.24) is 9.88 Å². The minimum absolute atomic E-state index is 0.162. The number of nitrogens with one attached hydrogen (secondary N) is 2. The smallest absolute Gasteiger partial charge is 0.411 e. The van der Waals surface area contributed by atoms with Crippen LogP contribution in [0.5, 0.6) is 5.75 Å². The van der Waals surface area contributed by atoms with Crippen molar-refractivity contribution in [3.05, 3.63) is 83.3 Å². The van der Waals surface area contributed by atoms with Crippen molar-refractivity contribution < 1.29 is 23.5 Å². The van der Waals surface area contributed by atoms with Crippen molar-refractivity contribution >= 4 is 52.6 Å². The number of benzene rings is 3. The molecule has 1 aromatic heterocycles. The molecule has 11 heteroatoms. The number of nitrogen functional groups attached to an aromatic ring is 1. The van der Waals surface area contributed by atoms with Crippen LogP contribution in [-0.2, 0) is 9.53 Å². The molecule has 0 saturated carbocycles. The summed E-state index contributed by atoms with van der Waals surface area (Å²) < 4.78 is 25.8. The number of thiol groups is 1. The van der Waals surface area contributed by atoms with Crippen LogP contribution in [0.3, 0.4) is 0 Å². The topological polar surface area (TPSA) is 119 Å². The maximum Gasteiger partial charge on any atom is 0.411 e. The van der Waals surface area contributed by atoms with Gasteiger partial charge in [0.1, 0.15) is 23.4 Å². The largest absolute Gasteiger partial charge is 0.496 e. The Balaban J connectivity index is 1.55. The van der Waals surface area contributed by atoms with Crippen molar-refractivity contribution in [3.63, 3.8) is 0 Å². The molecule has 1 aliphatic heterocycles. The van der Waals surface area contributed by atoms with E-state index in [0.717, 1.165) is 22.8 Å². The Labute approximate surface area is 248 Å². The Morgan fingerprint density at radius 3 is 2.67 bits per heavy atom. The van der Waals surface area contributed by atoms with Gasteiger partial charge >= 0.3 is 6.09 Å². The summed E-state index contributed by atoms with van der Waals surface area (Å²) >= 11 is 4.65. The lowest BCUT2D eigenvalue weighted by molar-refractivity contribution is -0.133. The number of carbonyl (C=O) groups excluding carboxylic acids is 2. The summed E-state index contributed by atoms with van der Waals surface area (Å²) in [6, 6.07) is 14.1. The molecular formula is C31H32FN5O4S. The fraction of sp³-hybridized carbons (Fsp3) is 0.258. The molecule has 0 radical (unpaired) electrons. The van der Waals surface area contributed by atoms with Crippen LogP contribution >= 0.6 is 12.6 Å². The van der Waals surface area contributed by atoms with Crippen LogP contribution in [0.4, 0.5) is 26.4 Å². The van der Waals surface area contributed by atoms with Gasteiger partial charge in [0.2, 0.25) is 5.91 Å². The van der Waals surface area contributed by atoms with E-state index in [1.165, 1.54) is 20.3 Å². The number of fused-ring (bicyclic) bond motifs is 1. The molecule has 4 N–H and O–H groups in total. The van der Waals surface area contributed by atoms with E-state index < -0.39 is 18.0 Å². The van der Waals surface area contributed by atoms with Gasteiger partial charge in [0, 0.05) is 40.0 Å². The number of aryl methyl sites for hydroxylation is 1. The van der Waals surface area contributed by atoms with Gasteiger partial charge < -0.3 is 25.4 Å². The number of nitrogens with two attached hydrogens (primary N) is 1. The van der Waals surface area contributed by atoms with Gasteiger partial charge in [-0.15, -0.1) is 12.6 Å². The van der Waals surface area contributed by atoms with Crippen LogP contribution < -0.4 is 21.1 Å². The standard InChI is InChI=1S/C31H32FN5O4S/c1-17-13-24(32)22(16-26(17)40-2)28(35-19-6-8-21-18(14-19)10-11-34-29(21)33)30(38)37-12-4-5-25(37)23-15-20(7-9-27(23)42)36-31(39)41-3/h6-11,13-16,25,28,35,42H,4-5,12H2,1-3H3,(H2,33,34)(H,36,39)/t25-,28+/m1/s1. The number of likely N-dealkylation sites (tertiary alicyclic amines) is 1. The summed E-state index contributed by atoms with van der Waals surface area (Å²) in [6.07, 6.45) is 2.43. The molecule has 0 bridgehead atoms. The van der Waals surface area contributed by atoms with Crippen LogP contribution in [0.2, 0.25) is 0 Å². The number of hydrogen-bond acceptors (Lipinski definition) is 8. The molecule has 2 heterocycles. The van der Waals surface area contributed by atoms with Crippen LogP contribution in [0.15, 0.2) is 65.7 Å². The minimum Gasteiger partial charge on any atom is -0.496 e. The molecule has 3 aromatic carbocycles. The third-order valence-electron chi connectivity index (χ3n) is 7.53. The number of carbonyl (C=O) groups is 2. The highest BCUT2D eigenvalue weighted by molar-refractivity contribution is 7.80. The average molecular weight is 590 g/mol. The van der Waals surface area contributed by atoms with E-state index in [-0.39, 0.29) is 17.5 Å². The summed E-state index contributed by atoms with van der Waals surface area (Å²) in [6.45, 7) is 2.21. The second-order valence-electron chi connectivity index (χ2n) is 10.1. The Kier molecular flexibility index (Phi) is 8.39. The van der Waals surface area contributed by atoms with Crippen molar-refractivity contribution in [3.8, 4) is 5.75 Å². The van der Waals surface area contributed by atoms with E-state index in [1.807, 2.05) is 18.2 Å². The summed E-state index contributed by atoms with van der Waals surface area (Å²) in [5.41, 5.74) is 8.71. The molecule has 2 atom stereocenters. The van der Waals surface area contributed by atoms with Gasteiger partial charge in [-0.1, -0.05) is 0 Å². The highest BCUT2D eigenvalue weighted by Gasteiger charge is 2.37. The number of aromatic nitrogens is 1. The lowest BCUT2D eigenvalue weighted by atomic mass is 9.99. The zero-order valence-electron chi connectivity index (χ0n) is 23.5. The number of methoxy groups -OCH3 is 2. The molecule has 9 nitrogen and oxygen atoms in total. The summed E-state index contributed by atoms with van der Waals surface area (Å²) in [5.74, 6) is 0.0342. The monoisotopic (exact) mass is 589 g/mol. The molecule has 1 aliphatic rings. The second kappa shape index (κ2) is 12.2. The minimum atomic E-state index is -1.07. The Morgan fingerprint density at radius 2 is 1.90 bits per heavy atom. The van der Waals surface area contributed by atoms with Gasteiger partial charge in [0.25, 0.3) is 0 Å². The van der Waals surface area contributed by atoms with E-state index in [9.17, 15) is 9.59 Å². The molecule has 5 rings (SSSR count). The van der Waals surface area contributed by atoms with E-state index in [0.29, 0.717) is 46.4 Å². The Hall–Kier alpha value is -4.51. The summed E-state index contributed by atoms with van der Waals surface area (Å²) in [5, 5.41) is 7.55. The summed E-state index contributed by atoms with van der Waals surface area (Å²) in [7, 11) is 2.80. The normalized spacial score (nSPS) is 15.4. The van der Waals surface area contributed by atoms with Crippen LogP contribution in [0.25, 0.3) is 10.8 Å². The molecule has 2 amide bonds. The molecule has 4 aromatic rings. The third kappa shape index (κ3) is 5.78. The lowest BCUT2D eigenvalue weighted by Gasteiger charge is -2.31. The summed E-state index contributed by atoms with van der Waals surface area (Å²) in [4.78, 5) is 32.8. The maximum absolute atomic E-state index is 15.6. The molecular weight excluding hydrogens is 557 g/mol. The number of hydrogen-bond donors (Lipinski definition) is 4. The van der Waals surface area contributed by atoms with E-state index >= 15 is 4.39 Å². The SMILES string of the molecule is COC(=O)Nc1ccc(S)c([C@H]2CCCN2C(=O)[C@@H](Nc2ccc3c(N)nccc3c2)c2cc(OC)c(C)cc2F)c1. The van der Waals surface area contributed by atoms with Crippen LogP contribution in [0, 0.1) is 12.7 Å². The predicted octanol–water partition coefficient (Wildman–Crippen LogP) is 6.26. The first-order valence-electron chi connectivity index (χ1n) is 13.4. The molecule has 1 fully saturated rings. The van der Waals surface area contributed by atoms with Gasteiger partial charge in [-0.3, -0.25) is 10.1 Å². The van der Waals surface area contributed by atoms with Crippen molar-refractivity contribution in [2.45, 2.75) is 36.7 Å². The van der Waals surface area contributed by atoms with Crippen molar-refractivity contribution in [2.24, 2.45) is 0 Å². The molecule has 1 saturated heterocycles. The molecule has 0 aliphatic carbocycles. The predicted molar refractivity (Wildman–Crippen MR) is 164 cm³/mol. The quantitative estimate of drug-likeness (QED) is 0.188. The maximum atomic E-state index is 15.6. The number of amides is 2. The highest BCUT2D eigenvalue weighted by Crippen LogP contribution is 2.40. The van der Waals surface area contributed by atoms with Gasteiger partial charge in [-0.05, 0) is 90.9 Å².